The molecule has 1 heterocycles. The Morgan fingerprint density at radius 2 is 2.08 bits per heavy atom. The monoisotopic (exact) mass is 185 g/mol. The number of nitrogens with one attached hydrogen (secondary N) is 1. The number of rotatable bonds is 2. The maximum Gasteiger partial charge on any atom is 0.0641 e. The third kappa shape index (κ3) is 2.68. The Morgan fingerprint density at radius 1 is 1.46 bits per heavy atom. The van der Waals surface area contributed by atoms with Gasteiger partial charge in [-0.3, -0.25) is 0 Å². The fourth-order valence-electron chi connectivity index (χ4n) is 2.10. The Bertz CT molecular complexity index is 173. The minimum Gasteiger partial charge on any atom is -0.383 e. The van der Waals surface area contributed by atoms with Crippen LogP contribution in [0.15, 0.2) is 0 Å². The highest BCUT2D eigenvalue weighted by atomic mass is 16.5. The lowest BCUT2D eigenvalue weighted by Gasteiger charge is -2.28. The summed E-state index contributed by atoms with van der Waals surface area (Å²) in [6.07, 6.45) is 1.23. The Morgan fingerprint density at radius 3 is 2.46 bits per heavy atom. The van der Waals surface area contributed by atoms with E-state index >= 15 is 0 Å². The zero-order chi connectivity index (χ0) is 10.1. The van der Waals surface area contributed by atoms with Crippen LogP contribution in [0, 0.1) is 11.3 Å². The molecule has 2 nitrogen and oxygen atoms in total. The molecule has 1 aliphatic rings. The van der Waals surface area contributed by atoms with Gasteiger partial charge >= 0.3 is 0 Å². The third-order valence-electron chi connectivity index (χ3n) is 3.16. The van der Waals surface area contributed by atoms with Crippen molar-refractivity contribution in [1.29, 1.82) is 0 Å². The summed E-state index contributed by atoms with van der Waals surface area (Å²) in [5.41, 5.74) is 0.616. The van der Waals surface area contributed by atoms with E-state index in [0.29, 0.717) is 5.41 Å². The van der Waals surface area contributed by atoms with Gasteiger partial charge in [0.15, 0.2) is 0 Å². The van der Waals surface area contributed by atoms with E-state index in [1.54, 1.807) is 7.11 Å². The molecule has 0 bridgehead atoms. The van der Waals surface area contributed by atoms with Gasteiger partial charge in [-0.25, -0.2) is 0 Å². The Kier molecular flexibility index (Phi) is 3.03. The van der Waals surface area contributed by atoms with Gasteiger partial charge in [-0.1, -0.05) is 20.8 Å². The summed E-state index contributed by atoms with van der Waals surface area (Å²) in [7, 11) is 1.78. The van der Waals surface area contributed by atoms with Crippen LogP contribution in [-0.2, 0) is 4.74 Å². The zero-order valence-electron chi connectivity index (χ0n) is 9.61. The lowest BCUT2D eigenvalue weighted by atomic mass is 9.77. The van der Waals surface area contributed by atoms with Gasteiger partial charge in [0, 0.05) is 12.6 Å². The van der Waals surface area contributed by atoms with Gasteiger partial charge in [-0.05, 0) is 31.2 Å². The summed E-state index contributed by atoms with van der Waals surface area (Å²) in [6, 6.07) is 0. The largest absolute Gasteiger partial charge is 0.383 e. The molecule has 1 fully saturated rings. The molecule has 0 aliphatic carbocycles. The van der Waals surface area contributed by atoms with E-state index in [1.807, 2.05) is 0 Å². The molecule has 0 aromatic heterocycles. The van der Waals surface area contributed by atoms with Crippen molar-refractivity contribution >= 4 is 0 Å². The summed E-state index contributed by atoms with van der Waals surface area (Å²) in [4.78, 5) is 0. The predicted octanol–water partition coefficient (Wildman–Crippen LogP) is 2.05. The topological polar surface area (TPSA) is 21.3 Å². The molecule has 0 aromatic rings. The Labute approximate surface area is 82.0 Å². The van der Waals surface area contributed by atoms with E-state index in [2.05, 4.69) is 33.0 Å². The molecule has 1 rings (SSSR count). The summed E-state index contributed by atoms with van der Waals surface area (Å²) in [6.45, 7) is 11.2. The summed E-state index contributed by atoms with van der Waals surface area (Å²) in [5, 5.41) is 3.57. The van der Waals surface area contributed by atoms with Crippen molar-refractivity contribution in [3.8, 4) is 0 Å². The van der Waals surface area contributed by atoms with Gasteiger partial charge in [-0.2, -0.15) is 0 Å². The first-order valence-electron chi connectivity index (χ1n) is 5.11. The Hall–Kier alpha value is -0.0800. The number of ether oxygens (including phenoxy) is 1. The average Bonchev–Trinajstić information content (AvgIpc) is 2.31. The molecular formula is C11H23NO. The van der Waals surface area contributed by atoms with Gasteiger partial charge in [0.1, 0.15) is 0 Å². The first kappa shape index (κ1) is 11.0. The minimum atomic E-state index is 0.201. The van der Waals surface area contributed by atoms with Crippen LogP contribution >= 0.6 is 0 Å². The van der Waals surface area contributed by atoms with E-state index < -0.39 is 0 Å². The van der Waals surface area contributed by atoms with E-state index in [9.17, 15) is 0 Å². The second kappa shape index (κ2) is 3.58. The lowest BCUT2D eigenvalue weighted by molar-refractivity contribution is 0.123. The summed E-state index contributed by atoms with van der Waals surface area (Å²) >= 11 is 0. The van der Waals surface area contributed by atoms with Crippen LogP contribution in [0.3, 0.4) is 0 Å². The number of hydrogen-bond acceptors (Lipinski definition) is 2. The average molecular weight is 185 g/mol. The maximum atomic E-state index is 5.23. The second-order valence-corrected chi connectivity index (χ2v) is 5.64. The molecule has 0 amide bonds. The van der Waals surface area contributed by atoms with E-state index in [-0.39, 0.29) is 5.54 Å². The van der Waals surface area contributed by atoms with Crippen LogP contribution < -0.4 is 5.32 Å². The SMILES string of the molecule is COCC1(C)CC(C(C)(C)C)CN1. The second-order valence-electron chi connectivity index (χ2n) is 5.64. The van der Waals surface area contributed by atoms with Crippen molar-refractivity contribution in [3.05, 3.63) is 0 Å². The van der Waals surface area contributed by atoms with Crippen molar-refractivity contribution in [1.82, 2.24) is 5.32 Å². The van der Waals surface area contributed by atoms with E-state index in [0.717, 1.165) is 19.1 Å². The molecule has 1 aliphatic heterocycles. The number of methoxy groups -OCH3 is 1. The molecule has 1 saturated heterocycles. The Balaban J connectivity index is 2.53. The summed E-state index contributed by atoms with van der Waals surface area (Å²) in [5.74, 6) is 0.771. The van der Waals surface area contributed by atoms with Crippen LogP contribution in [-0.4, -0.2) is 25.8 Å². The minimum absolute atomic E-state index is 0.201. The molecule has 2 atom stereocenters. The molecule has 0 saturated carbocycles. The highest BCUT2D eigenvalue weighted by molar-refractivity contribution is 4.96. The van der Waals surface area contributed by atoms with Crippen LogP contribution in [0.4, 0.5) is 0 Å². The highest BCUT2D eigenvalue weighted by Gasteiger charge is 2.39. The quantitative estimate of drug-likeness (QED) is 0.711. The molecule has 13 heavy (non-hydrogen) atoms. The fraction of sp³-hybridized carbons (Fsp3) is 1.00. The van der Waals surface area contributed by atoms with Crippen LogP contribution in [0.1, 0.15) is 34.1 Å². The molecular weight excluding hydrogens is 162 g/mol. The first-order valence-corrected chi connectivity index (χ1v) is 5.11. The molecule has 2 unspecified atom stereocenters. The van der Waals surface area contributed by atoms with Crippen molar-refractivity contribution in [3.63, 3.8) is 0 Å². The molecule has 0 spiro atoms. The van der Waals surface area contributed by atoms with Crippen LogP contribution in [0.2, 0.25) is 0 Å². The van der Waals surface area contributed by atoms with Crippen LogP contribution in [0.5, 0.6) is 0 Å². The number of hydrogen-bond donors (Lipinski definition) is 1. The summed E-state index contributed by atoms with van der Waals surface area (Å²) < 4.78 is 5.23. The smallest absolute Gasteiger partial charge is 0.0641 e. The van der Waals surface area contributed by atoms with Gasteiger partial charge in [-0.15, -0.1) is 0 Å². The molecule has 2 heteroatoms. The van der Waals surface area contributed by atoms with Crippen molar-refractivity contribution < 1.29 is 4.74 Å². The van der Waals surface area contributed by atoms with Crippen molar-refractivity contribution in [2.45, 2.75) is 39.7 Å². The molecule has 0 aromatic carbocycles. The standard InChI is InChI=1S/C11H23NO/c1-10(2,3)9-6-11(4,8-13-5)12-7-9/h9,12H,6-8H2,1-5H3. The van der Waals surface area contributed by atoms with Crippen molar-refractivity contribution in [2.75, 3.05) is 20.3 Å². The van der Waals surface area contributed by atoms with Gasteiger partial charge in [0.2, 0.25) is 0 Å². The molecule has 78 valence electrons. The zero-order valence-corrected chi connectivity index (χ0v) is 9.61. The van der Waals surface area contributed by atoms with Crippen molar-refractivity contribution in [2.24, 2.45) is 11.3 Å². The van der Waals surface area contributed by atoms with E-state index in [4.69, 9.17) is 4.74 Å². The maximum absolute atomic E-state index is 5.23. The normalized spacial score (nSPS) is 35.3. The van der Waals surface area contributed by atoms with Gasteiger partial charge in [0.05, 0.1) is 6.61 Å². The fourth-order valence-corrected chi connectivity index (χ4v) is 2.10. The van der Waals surface area contributed by atoms with Crippen LogP contribution in [0.25, 0.3) is 0 Å². The predicted molar refractivity (Wildman–Crippen MR) is 55.8 cm³/mol. The third-order valence-corrected chi connectivity index (χ3v) is 3.16. The highest BCUT2D eigenvalue weighted by Crippen LogP contribution is 2.36. The molecule has 1 N–H and O–H groups in total. The lowest BCUT2D eigenvalue weighted by Crippen LogP contribution is -2.40. The van der Waals surface area contributed by atoms with E-state index in [1.165, 1.54) is 6.42 Å². The first-order chi connectivity index (χ1) is 5.87. The van der Waals surface area contributed by atoms with Gasteiger partial charge in [0.25, 0.3) is 0 Å². The molecule has 0 radical (unpaired) electrons. The van der Waals surface area contributed by atoms with Gasteiger partial charge < -0.3 is 10.1 Å².